The third-order valence-electron chi connectivity index (χ3n) is 7.15. The highest BCUT2D eigenvalue weighted by atomic mass is 35.5. The van der Waals surface area contributed by atoms with Crippen LogP contribution in [0.3, 0.4) is 0 Å². The highest BCUT2D eigenvalue weighted by molar-refractivity contribution is 6.30. The largest absolute Gasteiger partial charge is 0.489 e. The van der Waals surface area contributed by atoms with Crippen molar-refractivity contribution in [2.24, 2.45) is 7.05 Å². The molecule has 0 amide bonds. The van der Waals surface area contributed by atoms with Gasteiger partial charge in [-0.05, 0) is 74.3 Å². The lowest BCUT2D eigenvalue weighted by atomic mass is 10.1. The number of hydrogen-bond acceptors (Lipinski definition) is 6. The lowest BCUT2D eigenvalue weighted by Gasteiger charge is -2.30. The number of rotatable bonds is 11. The number of piperidine rings is 1. The first-order valence-electron chi connectivity index (χ1n) is 13.5. The summed E-state index contributed by atoms with van der Waals surface area (Å²) in [6.45, 7) is 2.64. The molecular formula is C31H36Cl3N3O5. The van der Waals surface area contributed by atoms with Crippen molar-refractivity contribution < 1.29 is 24.1 Å². The predicted octanol–water partition coefficient (Wildman–Crippen LogP) is 6.72. The fourth-order valence-corrected chi connectivity index (χ4v) is 5.05. The highest BCUT2D eigenvalue weighted by Gasteiger charge is 2.19. The van der Waals surface area contributed by atoms with Gasteiger partial charge in [0.1, 0.15) is 42.4 Å². The Morgan fingerprint density at radius 3 is 2.50 bits per heavy atom. The Bertz CT molecular complexity index is 1480. The van der Waals surface area contributed by atoms with Gasteiger partial charge in [-0.3, -0.25) is 4.79 Å². The van der Waals surface area contributed by atoms with Crippen LogP contribution in [0.2, 0.25) is 5.02 Å². The van der Waals surface area contributed by atoms with Crippen molar-refractivity contribution in [1.29, 1.82) is 0 Å². The minimum Gasteiger partial charge on any atom is -0.489 e. The van der Waals surface area contributed by atoms with Gasteiger partial charge in [0.2, 0.25) is 0 Å². The molecule has 1 aliphatic rings. The Balaban J connectivity index is 0.00000242. The molecule has 42 heavy (non-hydrogen) atoms. The molecule has 1 N–H and O–H groups in total. The number of likely N-dealkylation sites (tertiary alicyclic amines) is 1. The van der Waals surface area contributed by atoms with Gasteiger partial charge in [-0.2, -0.15) is 0 Å². The molecule has 1 aromatic heterocycles. The van der Waals surface area contributed by atoms with Crippen LogP contribution in [-0.4, -0.2) is 51.8 Å². The molecule has 3 aromatic carbocycles. The second-order valence-corrected chi connectivity index (χ2v) is 10.7. The molecule has 0 bridgehead atoms. The van der Waals surface area contributed by atoms with Crippen LogP contribution in [0.4, 0.5) is 0 Å². The zero-order valence-electron chi connectivity index (χ0n) is 23.6. The number of halogens is 3. The number of carboxylic acid groups (broad SMARTS) is 1. The maximum atomic E-state index is 11.2. The molecule has 1 atom stereocenters. The van der Waals surface area contributed by atoms with Crippen LogP contribution in [0.1, 0.15) is 36.2 Å². The number of aliphatic carboxylic acids is 1. The third kappa shape index (κ3) is 8.67. The smallest absolute Gasteiger partial charge is 0.303 e. The Labute approximate surface area is 263 Å². The summed E-state index contributed by atoms with van der Waals surface area (Å²) in [5.41, 5.74) is 3.63. The molecule has 1 saturated heterocycles. The monoisotopic (exact) mass is 635 g/mol. The minimum absolute atomic E-state index is 0. The molecule has 1 fully saturated rings. The maximum Gasteiger partial charge on any atom is 0.303 e. The summed E-state index contributed by atoms with van der Waals surface area (Å²) >= 11 is 5.99. The topological polar surface area (TPSA) is 86.1 Å². The second-order valence-electron chi connectivity index (χ2n) is 10.2. The third-order valence-corrected chi connectivity index (χ3v) is 7.40. The first-order valence-corrected chi connectivity index (χ1v) is 13.9. The van der Waals surface area contributed by atoms with E-state index in [0.717, 1.165) is 59.7 Å². The van der Waals surface area contributed by atoms with Crippen molar-refractivity contribution >= 4 is 53.4 Å². The van der Waals surface area contributed by atoms with Crippen LogP contribution in [0, 0.1) is 0 Å². The Morgan fingerprint density at radius 2 is 1.76 bits per heavy atom. The Morgan fingerprint density at radius 1 is 1.00 bits per heavy atom. The first-order chi connectivity index (χ1) is 19.3. The Kier molecular flexibility index (Phi) is 12.2. The van der Waals surface area contributed by atoms with Crippen LogP contribution in [0.5, 0.6) is 17.2 Å². The maximum absolute atomic E-state index is 11.2. The number of likely N-dealkylation sites (N-methyl/N-ethyl adjacent to an activating group) is 1. The summed E-state index contributed by atoms with van der Waals surface area (Å²) in [5.74, 6) is 1.98. The zero-order valence-corrected chi connectivity index (χ0v) is 26.0. The van der Waals surface area contributed by atoms with Crippen LogP contribution in [0.25, 0.3) is 11.0 Å². The number of imidazole rings is 1. The molecule has 8 nitrogen and oxygen atoms in total. The molecule has 0 saturated carbocycles. The molecule has 2 heterocycles. The summed E-state index contributed by atoms with van der Waals surface area (Å²) in [6, 6.07) is 18.9. The lowest BCUT2D eigenvalue weighted by molar-refractivity contribution is -0.136. The van der Waals surface area contributed by atoms with E-state index in [4.69, 9.17) is 35.9 Å². The van der Waals surface area contributed by atoms with Crippen molar-refractivity contribution in [2.45, 2.75) is 45.0 Å². The van der Waals surface area contributed by atoms with E-state index >= 15 is 0 Å². The first kappa shape index (κ1) is 33.3. The Hall–Kier alpha value is -3.17. The predicted molar refractivity (Wildman–Crippen MR) is 169 cm³/mol. The van der Waals surface area contributed by atoms with E-state index in [1.807, 2.05) is 72.3 Å². The molecule has 1 aliphatic heterocycles. The van der Waals surface area contributed by atoms with Crippen molar-refractivity contribution in [1.82, 2.24) is 14.5 Å². The fraction of sp³-hybridized carbons (Fsp3) is 0.355. The van der Waals surface area contributed by atoms with E-state index in [0.29, 0.717) is 29.5 Å². The molecule has 0 spiro atoms. The normalized spacial score (nSPS) is 15.0. The van der Waals surface area contributed by atoms with Crippen molar-refractivity contribution in [3.8, 4) is 17.2 Å². The number of ether oxygens (including phenoxy) is 3. The summed E-state index contributed by atoms with van der Waals surface area (Å²) < 4.78 is 20.5. The van der Waals surface area contributed by atoms with Gasteiger partial charge in [0, 0.05) is 37.2 Å². The molecule has 0 aliphatic carbocycles. The van der Waals surface area contributed by atoms with Gasteiger partial charge >= 0.3 is 5.97 Å². The van der Waals surface area contributed by atoms with Crippen LogP contribution in [-0.2, 0) is 31.5 Å². The number of fused-ring (bicyclic) bond motifs is 1. The van der Waals surface area contributed by atoms with Crippen molar-refractivity contribution in [3.05, 3.63) is 82.6 Å². The number of carboxylic acids is 1. The summed E-state index contributed by atoms with van der Waals surface area (Å²) in [5, 5.41) is 9.82. The van der Waals surface area contributed by atoms with Crippen LogP contribution in [0.15, 0.2) is 60.7 Å². The minimum atomic E-state index is -0.856. The second kappa shape index (κ2) is 15.3. The average molecular weight is 637 g/mol. The molecule has 1 unspecified atom stereocenters. The number of aromatic nitrogens is 2. The van der Waals surface area contributed by atoms with Gasteiger partial charge < -0.3 is 28.8 Å². The quantitative estimate of drug-likeness (QED) is 0.196. The lowest BCUT2D eigenvalue weighted by Crippen LogP contribution is -2.38. The van der Waals surface area contributed by atoms with Gasteiger partial charge in [-0.15, -0.1) is 24.8 Å². The van der Waals surface area contributed by atoms with Gasteiger partial charge in [0.05, 0.1) is 11.0 Å². The van der Waals surface area contributed by atoms with Crippen molar-refractivity contribution in [2.75, 3.05) is 20.1 Å². The molecule has 5 rings (SSSR count). The van der Waals surface area contributed by atoms with E-state index in [2.05, 4.69) is 11.9 Å². The van der Waals surface area contributed by atoms with Gasteiger partial charge in [-0.25, -0.2) is 4.98 Å². The van der Waals surface area contributed by atoms with E-state index in [1.165, 1.54) is 0 Å². The fourth-order valence-electron chi connectivity index (χ4n) is 4.93. The van der Waals surface area contributed by atoms with Gasteiger partial charge in [0.15, 0.2) is 0 Å². The standard InChI is InChI=1S/C31H34ClN3O5.2ClH/c1-34-15-3-4-26(18-34)40-25-12-13-27-28(16-25)35(2)30(33-27)20-38-24-11-7-22(8-14-31(36)37)29(17-24)39-19-21-5-9-23(32)10-6-21;;/h5-7,9-13,16-17,26H,3-4,8,14-15,18-20H2,1-2H3,(H,36,37);2*1H. The van der Waals surface area contributed by atoms with Gasteiger partial charge in [0.25, 0.3) is 0 Å². The SMILES string of the molecule is CN1CCCC(Oc2ccc3nc(COc4ccc(CCC(=O)O)c(OCc5ccc(Cl)cc5)c4)n(C)c3c2)C1.Cl.Cl. The van der Waals surface area contributed by atoms with Gasteiger partial charge in [-0.1, -0.05) is 29.8 Å². The van der Waals surface area contributed by atoms with Crippen LogP contribution >= 0.6 is 36.4 Å². The molecule has 4 aromatic rings. The van der Waals surface area contributed by atoms with E-state index < -0.39 is 5.97 Å². The summed E-state index contributed by atoms with van der Waals surface area (Å²) in [7, 11) is 4.10. The zero-order chi connectivity index (χ0) is 28.1. The number of hydrogen-bond donors (Lipinski definition) is 1. The number of benzene rings is 3. The number of carbonyl (C=O) groups is 1. The molecular weight excluding hydrogens is 601 g/mol. The van der Waals surface area contributed by atoms with Crippen molar-refractivity contribution in [3.63, 3.8) is 0 Å². The van der Waals surface area contributed by atoms with Crippen LogP contribution < -0.4 is 14.2 Å². The summed E-state index contributed by atoms with van der Waals surface area (Å²) in [6.07, 6.45) is 2.78. The molecule has 11 heteroatoms. The van der Waals surface area contributed by atoms with E-state index in [-0.39, 0.29) is 43.9 Å². The highest BCUT2D eigenvalue weighted by Crippen LogP contribution is 2.29. The number of nitrogens with zero attached hydrogens (tertiary/aromatic N) is 3. The number of aryl methyl sites for hydroxylation is 2. The molecule has 0 radical (unpaired) electrons. The average Bonchev–Trinajstić information content (AvgIpc) is 3.25. The molecule has 226 valence electrons. The summed E-state index contributed by atoms with van der Waals surface area (Å²) in [4.78, 5) is 18.2. The van der Waals surface area contributed by atoms with E-state index in [9.17, 15) is 4.79 Å². The van der Waals surface area contributed by atoms with E-state index in [1.54, 1.807) is 0 Å².